The van der Waals surface area contributed by atoms with Crippen molar-refractivity contribution in [2.75, 3.05) is 0 Å². The van der Waals surface area contributed by atoms with E-state index in [1.165, 1.54) is 6.20 Å². The van der Waals surface area contributed by atoms with Crippen molar-refractivity contribution in [3.63, 3.8) is 0 Å². The van der Waals surface area contributed by atoms with Gasteiger partial charge in [-0.3, -0.25) is 0 Å². The molecule has 0 fully saturated rings. The molecule has 122 valence electrons. The topological polar surface area (TPSA) is 74.8 Å². The minimum Gasteiger partial charge on any atom is -0.504 e. The number of fused-ring (bicyclic) bond motifs is 1. The molecule has 0 radical (unpaired) electrons. The molecule has 0 amide bonds. The van der Waals surface area contributed by atoms with Gasteiger partial charge in [0.15, 0.2) is 11.4 Å². The van der Waals surface area contributed by atoms with Crippen molar-refractivity contribution in [3.8, 4) is 5.75 Å². The van der Waals surface area contributed by atoms with Crippen LogP contribution in [0.25, 0.3) is 11.7 Å². The summed E-state index contributed by atoms with van der Waals surface area (Å²) in [6, 6.07) is 9.71. The van der Waals surface area contributed by atoms with Crippen LogP contribution in [-0.4, -0.2) is 25.6 Å². The number of allylic oxidation sites excluding steroid dienone is 1. The standard InChI is InChI=1S/C19H18N2O3/c1-12-13(2)21-11-16(19(23)24)15(17(22)18(21)20-12)10-6-9-14-7-4-3-5-8-14/h3-9,11,22H,10H2,1-2H3,(H,23,24)/b9-6+. The molecule has 0 aliphatic rings. The number of nitrogens with zero attached hydrogens (tertiary/aromatic N) is 2. The Kier molecular flexibility index (Phi) is 4.08. The number of hydrogen-bond donors (Lipinski definition) is 2. The van der Waals surface area contributed by atoms with Gasteiger partial charge in [0.25, 0.3) is 0 Å². The SMILES string of the molecule is Cc1nc2c(O)c(C/C=C/c3ccccc3)c(C(=O)O)cn2c1C. The average Bonchev–Trinajstić information content (AvgIpc) is 2.86. The summed E-state index contributed by atoms with van der Waals surface area (Å²) < 4.78 is 1.62. The number of imidazole rings is 1. The van der Waals surface area contributed by atoms with Crippen LogP contribution < -0.4 is 0 Å². The molecule has 1 aromatic carbocycles. The highest BCUT2D eigenvalue weighted by Crippen LogP contribution is 2.29. The maximum absolute atomic E-state index is 11.6. The molecule has 5 heteroatoms. The van der Waals surface area contributed by atoms with Crippen LogP contribution in [0.3, 0.4) is 0 Å². The van der Waals surface area contributed by atoms with Crippen molar-refractivity contribution in [3.05, 3.63) is 70.7 Å². The van der Waals surface area contributed by atoms with Crippen LogP contribution in [0, 0.1) is 13.8 Å². The Bertz CT molecular complexity index is 940. The summed E-state index contributed by atoms with van der Waals surface area (Å²) in [7, 11) is 0. The third kappa shape index (κ3) is 2.76. The molecule has 3 aromatic rings. The summed E-state index contributed by atoms with van der Waals surface area (Å²) in [6.45, 7) is 3.67. The van der Waals surface area contributed by atoms with Gasteiger partial charge in [0.2, 0.25) is 0 Å². The first-order chi connectivity index (χ1) is 11.5. The van der Waals surface area contributed by atoms with E-state index in [-0.39, 0.29) is 11.3 Å². The Hall–Kier alpha value is -3.08. The van der Waals surface area contributed by atoms with E-state index in [1.807, 2.05) is 56.3 Å². The second-order valence-corrected chi connectivity index (χ2v) is 5.67. The summed E-state index contributed by atoms with van der Waals surface area (Å²) in [5, 5.41) is 20.0. The number of aromatic hydroxyl groups is 1. The lowest BCUT2D eigenvalue weighted by atomic mass is 10.0. The average molecular weight is 322 g/mol. The van der Waals surface area contributed by atoms with E-state index < -0.39 is 5.97 Å². The summed E-state index contributed by atoms with van der Waals surface area (Å²) in [4.78, 5) is 15.9. The molecule has 0 bridgehead atoms. The fraction of sp³-hybridized carbons (Fsp3) is 0.158. The van der Waals surface area contributed by atoms with Crippen LogP contribution in [0.1, 0.15) is 32.9 Å². The number of pyridine rings is 1. The van der Waals surface area contributed by atoms with Crippen molar-refractivity contribution < 1.29 is 15.0 Å². The molecule has 0 saturated heterocycles. The van der Waals surface area contributed by atoms with Crippen LogP contribution >= 0.6 is 0 Å². The molecule has 0 aliphatic carbocycles. The van der Waals surface area contributed by atoms with Crippen molar-refractivity contribution in [2.45, 2.75) is 20.3 Å². The van der Waals surface area contributed by atoms with Gasteiger partial charge >= 0.3 is 5.97 Å². The predicted octanol–water partition coefficient (Wildman–Crippen LogP) is 3.61. The van der Waals surface area contributed by atoms with Gasteiger partial charge in [0, 0.05) is 17.5 Å². The van der Waals surface area contributed by atoms with E-state index in [1.54, 1.807) is 4.40 Å². The van der Waals surface area contributed by atoms with Crippen LogP contribution in [0.4, 0.5) is 0 Å². The lowest BCUT2D eigenvalue weighted by Crippen LogP contribution is -2.06. The summed E-state index contributed by atoms with van der Waals surface area (Å²) in [5.74, 6) is -1.15. The van der Waals surface area contributed by atoms with E-state index in [0.717, 1.165) is 17.0 Å². The van der Waals surface area contributed by atoms with Gasteiger partial charge in [-0.05, 0) is 25.8 Å². The number of hydrogen-bond acceptors (Lipinski definition) is 3. The Morgan fingerprint density at radius 2 is 1.96 bits per heavy atom. The van der Waals surface area contributed by atoms with Crippen molar-refractivity contribution in [1.82, 2.24) is 9.38 Å². The van der Waals surface area contributed by atoms with Gasteiger partial charge in [-0.25, -0.2) is 9.78 Å². The van der Waals surface area contributed by atoms with E-state index in [2.05, 4.69) is 4.98 Å². The van der Waals surface area contributed by atoms with Crippen molar-refractivity contribution >= 4 is 17.7 Å². The molecular formula is C19H18N2O3. The predicted molar refractivity (Wildman–Crippen MR) is 92.5 cm³/mol. The monoisotopic (exact) mass is 322 g/mol. The smallest absolute Gasteiger partial charge is 0.337 e. The van der Waals surface area contributed by atoms with Gasteiger partial charge in [-0.2, -0.15) is 0 Å². The molecule has 0 unspecified atom stereocenters. The van der Waals surface area contributed by atoms with E-state index in [0.29, 0.717) is 17.6 Å². The highest BCUT2D eigenvalue weighted by molar-refractivity contribution is 5.91. The number of carbonyl (C=O) groups is 1. The molecule has 0 aliphatic heterocycles. The maximum atomic E-state index is 11.6. The summed E-state index contributed by atoms with van der Waals surface area (Å²) in [6.07, 6.45) is 5.58. The summed E-state index contributed by atoms with van der Waals surface area (Å²) >= 11 is 0. The van der Waals surface area contributed by atoms with Crippen molar-refractivity contribution in [1.29, 1.82) is 0 Å². The van der Waals surface area contributed by atoms with Crippen LogP contribution in [0.2, 0.25) is 0 Å². The molecule has 2 N–H and O–H groups in total. The van der Waals surface area contributed by atoms with Gasteiger partial charge in [-0.15, -0.1) is 0 Å². The minimum absolute atomic E-state index is 0.0798. The van der Waals surface area contributed by atoms with Crippen LogP contribution in [0.5, 0.6) is 5.75 Å². The molecule has 0 saturated carbocycles. The van der Waals surface area contributed by atoms with Gasteiger partial charge in [-0.1, -0.05) is 42.5 Å². The van der Waals surface area contributed by atoms with E-state index in [9.17, 15) is 15.0 Å². The first-order valence-electron chi connectivity index (χ1n) is 7.64. The zero-order valence-corrected chi connectivity index (χ0v) is 13.5. The molecule has 2 aromatic heterocycles. The summed E-state index contributed by atoms with van der Waals surface area (Å²) in [5.41, 5.74) is 3.43. The highest BCUT2D eigenvalue weighted by atomic mass is 16.4. The Morgan fingerprint density at radius 3 is 2.62 bits per heavy atom. The van der Waals surface area contributed by atoms with Crippen LogP contribution in [0.15, 0.2) is 42.6 Å². The largest absolute Gasteiger partial charge is 0.504 e. The number of carboxylic acids is 1. The second kappa shape index (κ2) is 6.20. The van der Waals surface area contributed by atoms with E-state index >= 15 is 0 Å². The van der Waals surface area contributed by atoms with Crippen LogP contribution in [-0.2, 0) is 6.42 Å². The van der Waals surface area contributed by atoms with Gasteiger partial charge < -0.3 is 14.6 Å². The number of aryl methyl sites for hydroxylation is 2. The number of rotatable bonds is 4. The Balaban J connectivity index is 2.05. The molecule has 5 nitrogen and oxygen atoms in total. The number of carboxylic acid groups (broad SMARTS) is 1. The Labute approximate surface area is 139 Å². The molecular weight excluding hydrogens is 304 g/mol. The Morgan fingerprint density at radius 1 is 1.25 bits per heavy atom. The third-order valence-electron chi connectivity index (χ3n) is 4.13. The fourth-order valence-corrected chi connectivity index (χ4v) is 2.69. The number of benzene rings is 1. The normalized spacial score (nSPS) is 11.4. The first-order valence-corrected chi connectivity index (χ1v) is 7.64. The molecule has 0 atom stereocenters. The maximum Gasteiger partial charge on any atom is 0.337 e. The van der Waals surface area contributed by atoms with E-state index in [4.69, 9.17) is 0 Å². The quantitative estimate of drug-likeness (QED) is 0.769. The van der Waals surface area contributed by atoms with Crippen molar-refractivity contribution in [2.24, 2.45) is 0 Å². The highest BCUT2D eigenvalue weighted by Gasteiger charge is 2.19. The molecule has 2 heterocycles. The first kappa shape index (κ1) is 15.8. The minimum atomic E-state index is -1.07. The number of aromatic nitrogens is 2. The third-order valence-corrected chi connectivity index (χ3v) is 4.13. The lowest BCUT2D eigenvalue weighted by Gasteiger charge is -2.09. The lowest BCUT2D eigenvalue weighted by molar-refractivity contribution is 0.0694. The van der Waals surface area contributed by atoms with Gasteiger partial charge in [0.1, 0.15) is 0 Å². The zero-order valence-electron chi connectivity index (χ0n) is 13.5. The zero-order chi connectivity index (χ0) is 17.3. The second-order valence-electron chi connectivity index (χ2n) is 5.67. The fourth-order valence-electron chi connectivity index (χ4n) is 2.69. The van der Waals surface area contributed by atoms with Gasteiger partial charge in [0.05, 0.1) is 11.3 Å². The number of aromatic carboxylic acids is 1. The molecule has 0 spiro atoms. The molecule has 24 heavy (non-hydrogen) atoms. The molecule has 3 rings (SSSR count).